The minimum Gasteiger partial charge on any atom is -0.492 e. The highest BCUT2D eigenvalue weighted by atomic mass is 32.1. The van der Waals surface area contributed by atoms with Crippen LogP contribution in [0, 0.1) is 11.7 Å². The number of para-hydroxylation sites is 1. The molecule has 1 N–H and O–H groups in total. The second-order valence-electron chi connectivity index (χ2n) is 4.69. The van der Waals surface area contributed by atoms with Crippen LogP contribution in [0.4, 0.5) is 0 Å². The first-order valence-corrected chi connectivity index (χ1v) is 7.22. The molecule has 0 aliphatic rings. The maximum atomic E-state index is 5.64. The normalized spacial score (nSPS) is 11.0. The molecular formula is C15H16N4OS. The third kappa shape index (κ3) is 2.67. The number of imidazole rings is 1. The Morgan fingerprint density at radius 3 is 2.95 bits per heavy atom. The summed E-state index contributed by atoms with van der Waals surface area (Å²) < 4.78 is 8.32. The number of H-pyrrole nitrogens is 1. The van der Waals surface area contributed by atoms with Crippen molar-refractivity contribution in [2.75, 3.05) is 6.61 Å². The summed E-state index contributed by atoms with van der Waals surface area (Å²) in [6.07, 6.45) is 1.77. The van der Waals surface area contributed by atoms with Gasteiger partial charge in [0.1, 0.15) is 17.1 Å². The largest absolute Gasteiger partial charge is 0.492 e. The second-order valence-corrected chi connectivity index (χ2v) is 5.08. The molecule has 0 saturated heterocycles. The highest BCUT2D eigenvalue weighted by Crippen LogP contribution is 2.25. The summed E-state index contributed by atoms with van der Waals surface area (Å²) >= 11 is 5.44. The zero-order chi connectivity index (χ0) is 14.8. The topological polar surface area (TPSA) is 55.7 Å². The highest BCUT2D eigenvalue weighted by Gasteiger charge is 2.10. The fourth-order valence-corrected chi connectivity index (χ4v) is 2.61. The minimum absolute atomic E-state index is 0.609. The maximum Gasteiger partial charge on any atom is 0.178 e. The van der Waals surface area contributed by atoms with Crippen LogP contribution in [-0.2, 0) is 6.54 Å². The van der Waals surface area contributed by atoms with Crippen molar-refractivity contribution >= 4 is 23.3 Å². The fraction of sp³-hybridized carbons (Fsp3) is 0.267. The Morgan fingerprint density at radius 2 is 2.19 bits per heavy atom. The second kappa shape index (κ2) is 5.65. The molecule has 6 heteroatoms. The van der Waals surface area contributed by atoms with Crippen molar-refractivity contribution in [2.45, 2.75) is 20.4 Å². The summed E-state index contributed by atoms with van der Waals surface area (Å²) in [6, 6.07) is 7.84. The van der Waals surface area contributed by atoms with Gasteiger partial charge in [0.25, 0.3) is 0 Å². The Morgan fingerprint density at radius 1 is 1.33 bits per heavy atom. The summed E-state index contributed by atoms with van der Waals surface area (Å²) in [4.78, 5) is 11.8. The van der Waals surface area contributed by atoms with Crippen LogP contribution >= 0.6 is 12.2 Å². The van der Waals surface area contributed by atoms with Crippen LogP contribution in [0.25, 0.3) is 11.0 Å². The highest BCUT2D eigenvalue weighted by molar-refractivity contribution is 7.71. The van der Waals surface area contributed by atoms with Gasteiger partial charge in [0.2, 0.25) is 0 Å². The number of aryl methyl sites for hydroxylation is 1. The van der Waals surface area contributed by atoms with Crippen LogP contribution < -0.4 is 4.74 Å². The number of nitrogens with one attached hydrogen (secondary N) is 1. The Balaban J connectivity index is 2.08. The van der Waals surface area contributed by atoms with Crippen LogP contribution in [0.5, 0.6) is 5.75 Å². The Hall–Kier alpha value is -2.21. The van der Waals surface area contributed by atoms with Gasteiger partial charge in [-0.05, 0) is 44.3 Å². The predicted molar refractivity (Wildman–Crippen MR) is 84.2 cm³/mol. The molecule has 0 unspecified atom stereocenters. The Bertz CT molecular complexity index is 837. The average Bonchev–Trinajstić information content (AvgIpc) is 2.77. The van der Waals surface area contributed by atoms with Crippen molar-refractivity contribution < 1.29 is 4.74 Å². The first-order chi connectivity index (χ1) is 10.2. The van der Waals surface area contributed by atoms with Crippen molar-refractivity contribution in [1.29, 1.82) is 0 Å². The summed E-state index contributed by atoms with van der Waals surface area (Å²) in [5, 5.41) is 0. The van der Waals surface area contributed by atoms with Gasteiger partial charge in [-0.15, -0.1) is 0 Å². The zero-order valence-electron chi connectivity index (χ0n) is 12.0. The number of aromatic amines is 1. The summed E-state index contributed by atoms with van der Waals surface area (Å²) in [5.74, 6) is 1.58. The molecule has 3 rings (SSSR count). The first kappa shape index (κ1) is 13.8. The average molecular weight is 300 g/mol. The quantitative estimate of drug-likeness (QED) is 0.752. The van der Waals surface area contributed by atoms with E-state index in [0.29, 0.717) is 17.9 Å². The lowest BCUT2D eigenvalue weighted by Crippen LogP contribution is -2.03. The van der Waals surface area contributed by atoms with E-state index in [4.69, 9.17) is 17.0 Å². The minimum atomic E-state index is 0.609. The smallest absolute Gasteiger partial charge is 0.178 e. The Kier molecular flexibility index (Phi) is 3.70. The van der Waals surface area contributed by atoms with E-state index in [1.165, 1.54) is 0 Å². The third-order valence-corrected chi connectivity index (χ3v) is 3.55. The van der Waals surface area contributed by atoms with Gasteiger partial charge in [-0.2, -0.15) is 0 Å². The number of ether oxygens (including phenoxy) is 1. The van der Waals surface area contributed by atoms with Crippen LogP contribution in [-0.4, -0.2) is 26.1 Å². The molecule has 2 aromatic heterocycles. The van der Waals surface area contributed by atoms with E-state index in [-0.39, 0.29) is 0 Å². The Labute approximate surface area is 127 Å². The molecule has 0 aliphatic heterocycles. The number of fused-ring (bicyclic) bond motifs is 1. The summed E-state index contributed by atoms with van der Waals surface area (Å²) in [5.41, 5.74) is 2.87. The van der Waals surface area contributed by atoms with Crippen molar-refractivity contribution in [2.24, 2.45) is 0 Å². The standard InChI is InChI=1S/C15H16N4OS/c1-3-20-13-6-4-5-12-14(13)18-15(21)19(12)9-11-7-8-16-10(2)17-11/h4-8H,3,9H2,1-2H3,(H,18,21). The fourth-order valence-electron chi connectivity index (χ4n) is 2.34. The number of aromatic nitrogens is 4. The molecule has 5 nitrogen and oxygen atoms in total. The molecule has 0 bridgehead atoms. The third-order valence-electron chi connectivity index (χ3n) is 3.23. The molecule has 0 amide bonds. The lowest BCUT2D eigenvalue weighted by atomic mass is 10.3. The van der Waals surface area contributed by atoms with Gasteiger partial charge in [-0.3, -0.25) is 0 Å². The number of benzene rings is 1. The summed E-state index contributed by atoms with van der Waals surface area (Å²) in [7, 11) is 0. The number of hydrogen-bond acceptors (Lipinski definition) is 4. The molecule has 0 atom stereocenters. The van der Waals surface area contributed by atoms with Crippen LogP contribution in [0.1, 0.15) is 18.4 Å². The van der Waals surface area contributed by atoms with Crippen molar-refractivity contribution in [3.8, 4) is 5.75 Å². The van der Waals surface area contributed by atoms with Gasteiger partial charge >= 0.3 is 0 Å². The monoisotopic (exact) mass is 300 g/mol. The van der Waals surface area contributed by atoms with Gasteiger partial charge in [0.15, 0.2) is 4.77 Å². The number of nitrogens with zero attached hydrogens (tertiary/aromatic N) is 3. The summed E-state index contributed by atoms with van der Waals surface area (Å²) in [6.45, 7) is 5.08. The van der Waals surface area contributed by atoms with Crippen molar-refractivity contribution in [3.05, 3.63) is 46.8 Å². The number of hydrogen-bond donors (Lipinski definition) is 1. The molecule has 0 radical (unpaired) electrons. The molecule has 0 fully saturated rings. The molecule has 21 heavy (non-hydrogen) atoms. The lowest BCUT2D eigenvalue weighted by molar-refractivity contribution is 0.343. The van der Waals surface area contributed by atoms with E-state index in [9.17, 15) is 0 Å². The van der Waals surface area contributed by atoms with Gasteiger partial charge < -0.3 is 14.3 Å². The van der Waals surface area contributed by atoms with E-state index < -0.39 is 0 Å². The van der Waals surface area contributed by atoms with Crippen molar-refractivity contribution in [1.82, 2.24) is 19.5 Å². The van der Waals surface area contributed by atoms with E-state index in [1.807, 2.05) is 42.7 Å². The van der Waals surface area contributed by atoms with E-state index in [0.717, 1.165) is 28.3 Å². The molecule has 2 heterocycles. The maximum absolute atomic E-state index is 5.64. The molecule has 0 spiro atoms. The molecule has 108 valence electrons. The van der Waals surface area contributed by atoms with Gasteiger partial charge in [-0.1, -0.05) is 6.07 Å². The molecule has 0 saturated carbocycles. The van der Waals surface area contributed by atoms with Gasteiger partial charge in [-0.25, -0.2) is 9.97 Å². The molecular weight excluding hydrogens is 284 g/mol. The van der Waals surface area contributed by atoms with Gasteiger partial charge in [0.05, 0.1) is 24.4 Å². The predicted octanol–water partition coefficient (Wildman–Crippen LogP) is 3.24. The van der Waals surface area contributed by atoms with Crippen LogP contribution in [0.15, 0.2) is 30.5 Å². The van der Waals surface area contributed by atoms with Crippen molar-refractivity contribution in [3.63, 3.8) is 0 Å². The van der Waals surface area contributed by atoms with Crippen LogP contribution in [0.2, 0.25) is 0 Å². The van der Waals surface area contributed by atoms with E-state index in [2.05, 4.69) is 15.0 Å². The first-order valence-electron chi connectivity index (χ1n) is 6.82. The zero-order valence-corrected chi connectivity index (χ0v) is 12.8. The molecule has 3 aromatic rings. The molecule has 1 aromatic carbocycles. The number of rotatable bonds is 4. The van der Waals surface area contributed by atoms with Gasteiger partial charge in [0, 0.05) is 6.20 Å². The van der Waals surface area contributed by atoms with Crippen LogP contribution in [0.3, 0.4) is 0 Å². The van der Waals surface area contributed by atoms with E-state index >= 15 is 0 Å². The van der Waals surface area contributed by atoms with E-state index in [1.54, 1.807) is 6.20 Å². The lowest BCUT2D eigenvalue weighted by Gasteiger charge is -2.06. The molecule has 0 aliphatic carbocycles. The SMILES string of the molecule is CCOc1cccc2c1[nH]c(=S)n2Cc1ccnc(C)n1.